The first-order valence-corrected chi connectivity index (χ1v) is 9.69. The van der Waals surface area contributed by atoms with Crippen molar-refractivity contribution in [2.45, 2.75) is 37.7 Å². The minimum Gasteiger partial charge on any atom is -0.497 e. The number of methoxy groups -OCH3 is 1. The molecule has 7 heteroatoms. The van der Waals surface area contributed by atoms with Gasteiger partial charge in [-0.25, -0.2) is 8.42 Å². The number of sulfonamides is 1. The maximum atomic E-state index is 12.2. The van der Waals surface area contributed by atoms with E-state index in [1.54, 1.807) is 21.0 Å². The molecule has 1 aliphatic heterocycles. The minimum absolute atomic E-state index is 0.167. The Balaban J connectivity index is 1.94. The van der Waals surface area contributed by atoms with Crippen molar-refractivity contribution in [2.24, 2.45) is 0 Å². The molecule has 0 spiro atoms. The lowest BCUT2D eigenvalue weighted by molar-refractivity contribution is 0.0219. The van der Waals surface area contributed by atoms with Gasteiger partial charge < -0.3 is 9.84 Å². The molecule has 1 atom stereocenters. The summed E-state index contributed by atoms with van der Waals surface area (Å²) in [5.74, 6) is 0.811. The fourth-order valence-electron chi connectivity index (χ4n) is 3.06. The summed E-state index contributed by atoms with van der Waals surface area (Å²) in [6.45, 7) is 5.01. The van der Waals surface area contributed by atoms with Gasteiger partial charge >= 0.3 is 0 Å². The number of β-amino-alcohol motifs (C(OH)–C–C–N with tert-alkyl or cyclic N) is 1. The van der Waals surface area contributed by atoms with Crippen LogP contribution in [0.2, 0.25) is 0 Å². The number of rotatable bonds is 7. The molecule has 0 amide bonds. The normalized spacial score (nSPS) is 22.5. The standard InChI is InChI=1S/C17H28N2O4S/c1-14(2)24(21,22)19-10-9-17(20,13-19)12-18(3)11-15-5-7-16(23-4)8-6-15/h5-8,14,20H,9-13H2,1-4H3/t17-/m0/s1. The summed E-state index contributed by atoms with van der Waals surface area (Å²) in [5, 5.41) is 10.3. The third-order valence-electron chi connectivity index (χ3n) is 4.43. The molecule has 1 fully saturated rings. The molecule has 0 bridgehead atoms. The van der Waals surface area contributed by atoms with Crippen molar-refractivity contribution in [3.63, 3.8) is 0 Å². The Morgan fingerprint density at radius 1 is 1.33 bits per heavy atom. The van der Waals surface area contributed by atoms with Gasteiger partial charge in [0, 0.05) is 26.2 Å². The van der Waals surface area contributed by atoms with Gasteiger partial charge in [-0.2, -0.15) is 4.31 Å². The summed E-state index contributed by atoms with van der Waals surface area (Å²) in [6.07, 6.45) is 0.464. The van der Waals surface area contributed by atoms with E-state index in [0.717, 1.165) is 11.3 Å². The van der Waals surface area contributed by atoms with Crippen LogP contribution in [-0.4, -0.2) is 67.4 Å². The number of ether oxygens (including phenoxy) is 1. The van der Waals surface area contributed by atoms with Crippen molar-refractivity contribution in [3.05, 3.63) is 29.8 Å². The Bertz CT molecular complexity index is 645. The Morgan fingerprint density at radius 3 is 2.50 bits per heavy atom. The molecule has 1 N–H and O–H groups in total. The molecule has 0 saturated carbocycles. The van der Waals surface area contributed by atoms with Crippen molar-refractivity contribution in [2.75, 3.05) is 33.8 Å². The van der Waals surface area contributed by atoms with Gasteiger partial charge in [0.1, 0.15) is 5.75 Å². The van der Waals surface area contributed by atoms with Crippen LogP contribution in [0.1, 0.15) is 25.8 Å². The fourth-order valence-corrected chi connectivity index (χ4v) is 4.43. The topological polar surface area (TPSA) is 70.1 Å². The maximum absolute atomic E-state index is 12.2. The van der Waals surface area contributed by atoms with E-state index in [4.69, 9.17) is 4.74 Å². The zero-order valence-corrected chi connectivity index (χ0v) is 15.7. The van der Waals surface area contributed by atoms with Crippen molar-refractivity contribution in [3.8, 4) is 5.75 Å². The lowest BCUT2D eigenvalue weighted by Gasteiger charge is -2.29. The molecule has 24 heavy (non-hydrogen) atoms. The van der Waals surface area contributed by atoms with Crippen LogP contribution >= 0.6 is 0 Å². The second-order valence-electron chi connectivity index (χ2n) is 6.92. The van der Waals surface area contributed by atoms with Crippen LogP contribution in [0.15, 0.2) is 24.3 Å². The van der Waals surface area contributed by atoms with Crippen LogP contribution in [0.3, 0.4) is 0 Å². The van der Waals surface area contributed by atoms with Crippen LogP contribution in [0.25, 0.3) is 0 Å². The van der Waals surface area contributed by atoms with Crippen LogP contribution in [-0.2, 0) is 16.6 Å². The largest absolute Gasteiger partial charge is 0.497 e. The Morgan fingerprint density at radius 2 is 1.96 bits per heavy atom. The molecule has 0 radical (unpaired) electrons. The first kappa shape index (κ1) is 19.2. The Labute approximate surface area is 145 Å². The molecule has 1 saturated heterocycles. The highest BCUT2D eigenvalue weighted by molar-refractivity contribution is 7.89. The van der Waals surface area contributed by atoms with Gasteiger partial charge in [-0.1, -0.05) is 12.1 Å². The average Bonchev–Trinajstić information content (AvgIpc) is 2.90. The number of benzene rings is 1. The lowest BCUT2D eigenvalue weighted by atomic mass is 10.0. The molecule has 0 aromatic heterocycles. The molecule has 0 aliphatic carbocycles. The number of nitrogens with zero attached hydrogens (tertiary/aromatic N) is 2. The van der Waals surface area contributed by atoms with Gasteiger partial charge in [-0.05, 0) is 45.0 Å². The molecule has 1 aromatic carbocycles. The molecule has 136 valence electrons. The lowest BCUT2D eigenvalue weighted by Crippen LogP contribution is -2.45. The Kier molecular flexibility index (Phi) is 5.91. The highest BCUT2D eigenvalue weighted by Gasteiger charge is 2.42. The first-order chi connectivity index (χ1) is 11.2. The van der Waals surface area contributed by atoms with Gasteiger partial charge in [0.15, 0.2) is 0 Å². The van der Waals surface area contributed by atoms with Crippen molar-refractivity contribution < 1.29 is 18.3 Å². The minimum atomic E-state index is -3.31. The quantitative estimate of drug-likeness (QED) is 0.797. The van der Waals surface area contributed by atoms with Crippen LogP contribution in [0, 0.1) is 0 Å². The number of aliphatic hydroxyl groups is 1. The van der Waals surface area contributed by atoms with E-state index >= 15 is 0 Å². The summed E-state index contributed by atoms with van der Waals surface area (Å²) < 4.78 is 31.1. The van der Waals surface area contributed by atoms with Gasteiger partial charge in [-0.3, -0.25) is 4.90 Å². The van der Waals surface area contributed by atoms with E-state index in [2.05, 4.69) is 0 Å². The van der Waals surface area contributed by atoms with Crippen molar-refractivity contribution >= 4 is 10.0 Å². The second kappa shape index (κ2) is 7.39. The number of hydrogen-bond acceptors (Lipinski definition) is 5. The van der Waals surface area contributed by atoms with Crippen molar-refractivity contribution in [1.82, 2.24) is 9.21 Å². The number of likely N-dealkylation sites (N-methyl/N-ethyl adjacent to an activating group) is 1. The monoisotopic (exact) mass is 356 g/mol. The summed E-state index contributed by atoms with van der Waals surface area (Å²) >= 11 is 0. The molecule has 2 rings (SSSR count). The maximum Gasteiger partial charge on any atom is 0.216 e. The van der Waals surface area contributed by atoms with E-state index in [1.165, 1.54) is 4.31 Å². The zero-order chi connectivity index (χ0) is 18.0. The smallest absolute Gasteiger partial charge is 0.216 e. The third-order valence-corrected chi connectivity index (χ3v) is 6.65. The van der Waals surface area contributed by atoms with Crippen molar-refractivity contribution in [1.29, 1.82) is 0 Å². The van der Waals surface area contributed by atoms with E-state index in [-0.39, 0.29) is 6.54 Å². The fraction of sp³-hybridized carbons (Fsp3) is 0.647. The Hall–Kier alpha value is -1.15. The van der Waals surface area contributed by atoms with Gasteiger partial charge in [-0.15, -0.1) is 0 Å². The molecule has 1 aromatic rings. The van der Waals surface area contributed by atoms with Gasteiger partial charge in [0.05, 0.1) is 18.0 Å². The summed E-state index contributed by atoms with van der Waals surface area (Å²) in [4.78, 5) is 2.02. The molecular formula is C17H28N2O4S. The van der Waals surface area contributed by atoms with Gasteiger partial charge in [0.25, 0.3) is 0 Å². The molecule has 1 aliphatic rings. The summed E-state index contributed by atoms with van der Waals surface area (Å²) in [7, 11) is 0.256. The zero-order valence-electron chi connectivity index (χ0n) is 14.9. The third kappa shape index (κ3) is 4.47. The van der Waals surface area contributed by atoms with E-state index < -0.39 is 20.9 Å². The van der Waals surface area contributed by atoms with E-state index in [1.807, 2.05) is 36.2 Å². The first-order valence-electron chi connectivity index (χ1n) is 8.19. The molecule has 1 heterocycles. The van der Waals surface area contributed by atoms with E-state index in [0.29, 0.717) is 26.1 Å². The van der Waals surface area contributed by atoms with Crippen LogP contribution in [0.4, 0.5) is 0 Å². The van der Waals surface area contributed by atoms with Crippen LogP contribution < -0.4 is 4.74 Å². The second-order valence-corrected chi connectivity index (χ2v) is 9.41. The highest BCUT2D eigenvalue weighted by atomic mass is 32.2. The molecular weight excluding hydrogens is 328 g/mol. The summed E-state index contributed by atoms with van der Waals surface area (Å²) in [6, 6.07) is 7.79. The van der Waals surface area contributed by atoms with Gasteiger partial charge in [0.2, 0.25) is 10.0 Å². The molecule has 0 unspecified atom stereocenters. The average molecular weight is 356 g/mol. The predicted molar refractivity (Wildman–Crippen MR) is 94.5 cm³/mol. The number of hydrogen-bond donors (Lipinski definition) is 1. The SMILES string of the molecule is COc1ccc(CN(C)C[C@@]2(O)CCN(S(=O)(=O)C(C)C)C2)cc1. The predicted octanol–water partition coefficient (Wildman–Crippen LogP) is 1.30. The van der Waals surface area contributed by atoms with E-state index in [9.17, 15) is 13.5 Å². The summed E-state index contributed by atoms with van der Waals surface area (Å²) in [5.41, 5.74) is 0.120. The highest BCUT2D eigenvalue weighted by Crippen LogP contribution is 2.26. The van der Waals surface area contributed by atoms with Crippen LogP contribution in [0.5, 0.6) is 5.75 Å². The molecule has 6 nitrogen and oxygen atoms in total.